The molecule has 0 aromatic carbocycles. The molecular formula is C14H25N3O3S2. The summed E-state index contributed by atoms with van der Waals surface area (Å²) in [6.45, 7) is 1.47. The van der Waals surface area contributed by atoms with Crippen LogP contribution in [0.15, 0.2) is 0 Å². The molecule has 0 unspecified atom stereocenters. The maximum absolute atomic E-state index is 13.0. The van der Waals surface area contributed by atoms with Gasteiger partial charge in [-0.05, 0) is 12.8 Å². The largest absolute Gasteiger partial charge is 0.383 e. The Balaban J connectivity index is 2.15. The van der Waals surface area contributed by atoms with Crippen molar-refractivity contribution in [2.75, 3.05) is 39.1 Å². The fourth-order valence-electron chi connectivity index (χ4n) is 3.21. The molecule has 8 heteroatoms. The van der Waals surface area contributed by atoms with Crippen molar-refractivity contribution in [2.24, 2.45) is 0 Å². The van der Waals surface area contributed by atoms with Crippen LogP contribution in [0.1, 0.15) is 32.1 Å². The number of ether oxygens (including phenoxy) is 1. The Hall–Kier alpha value is -0.330. The third-order valence-corrected chi connectivity index (χ3v) is 7.78. The van der Waals surface area contributed by atoms with E-state index in [1.807, 2.05) is 17.8 Å². The number of nitriles is 1. The number of hydrogen-bond donors (Lipinski definition) is 0. The van der Waals surface area contributed by atoms with E-state index in [1.165, 1.54) is 10.7 Å². The summed E-state index contributed by atoms with van der Waals surface area (Å²) in [5.74, 6) is 0.858. The van der Waals surface area contributed by atoms with E-state index < -0.39 is 10.2 Å². The standard InChI is InChI=1S/C14H25N3O3S2/c1-20-11-9-16(8-4-7-15)22(18,19)17-10-12-21-14-6-3-2-5-13(14)17/h13-14H,2-6,8-12H2,1H3/t13-,14+/m1/s1. The number of nitrogens with zero attached hydrogens (tertiary/aromatic N) is 3. The summed E-state index contributed by atoms with van der Waals surface area (Å²) in [6.07, 6.45) is 4.57. The molecule has 0 spiro atoms. The van der Waals surface area contributed by atoms with Crippen LogP contribution < -0.4 is 0 Å². The minimum absolute atomic E-state index is 0.115. The van der Waals surface area contributed by atoms with Crippen molar-refractivity contribution in [1.82, 2.24) is 8.61 Å². The zero-order chi connectivity index (χ0) is 16.0. The van der Waals surface area contributed by atoms with E-state index in [0.29, 0.717) is 24.9 Å². The second-order valence-corrected chi connectivity index (χ2v) is 8.91. The fourth-order valence-corrected chi connectivity index (χ4v) is 6.68. The molecule has 0 aromatic rings. The number of rotatable bonds is 7. The van der Waals surface area contributed by atoms with Crippen LogP contribution >= 0.6 is 11.8 Å². The zero-order valence-electron chi connectivity index (χ0n) is 13.1. The highest BCUT2D eigenvalue weighted by atomic mass is 32.2. The molecule has 0 N–H and O–H groups in total. The molecule has 2 atom stereocenters. The van der Waals surface area contributed by atoms with Crippen LogP contribution in [-0.2, 0) is 14.9 Å². The quantitative estimate of drug-likeness (QED) is 0.697. The lowest BCUT2D eigenvalue weighted by Gasteiger charge is -2.44. The van der Waals surface area contributed by atoms with E-state index in [4.69, 9.17) is 10.00 Å². The lowest BCUT2D eigenvalue weighted by atomic mass is 9.95. The number of hydrogen-bond acceptors (Lipinski definition) is 5. The van der Waals surface area contributed by atoms with Gasteiger partial charge in [-0.2, -0.15) is 34.1 Å². The molecule has 2 rings (SSSR count). The van der Waals surface area contributed by atoms with Gasteiger partial charge in [0.25, 0.3) is 10.2 Å². The smallest absolute Gasteiger partial charge is 0.282 e. The minimum atomic E-state index is -3.52. The number of thioether (sulfide) groups is 1. The van der Waals surface area contributed by atoms with Crippen LogP contribution in [0.3, 0.4) is 0 Å². The molecule has 0 amide bonds. The Morgan fingerprint density at radius 2 is 2.14 bits per heavy atom. The highest BCUT2D eigenvalue weighted by molar-refractivity contribution is 8.00. The first-order chi connectivity index (χ1) is 10.6. The van der Waals surface area contributed by atoms with Gasteiger partial charge in [-0.1, -0.05) is 12.8 Å². The molecule has 2 aliphatic rings. The van der Waals surface area contributed by atoms with E-state index in [1.54, 1.807) is 11.4 Å². The van der Waals surface area contributed by atoms with Crippen molar-refractivity contribution in [2.45, 2.75) is 43.4 Å². The molecule has 22 heavy (non-hydrogen) atoms. The van der Waals surface area contributed by atoms with E-state index >= 15 is 0 Å². The number of methoxy groups -OCH3 is 1. The Morgan fingerprint density at radius 1 is 1.36 bits per heavy atom. The van der Waals surface area contributed by atoms with Crippen molar-refractivity contribution in [1.29, 1.82) is 5.26 Å². The first-order valence-electron chi connectivity index (χ1n) is 7.85. The summed E-state index contributed by atoms with van der Waals surface area (Å²) in [5.41, 5.74) is 0. The molecule has 0 aromatic heterocycles. The topological polar surface area (TPSA) is 73.6 Å². The highest BCUT2D eigenvalue weighted by Crippen LogP contribution is 2.37. The molecule has 2 fully saturated rings. The third-order valence-electron chi connectivity index (χ3n) is 4.32. The van der Waals surface area contributed by atoms with E-state index in [-0.39, 0.29) is 19.0 Å². The molecule has 6 nitrogen and oxygen atoms in total. The molecule has 1 heterocycles. The molecule has 1 saturated heterocycles. The molecular weight excluding hydrogens is 322 g/mol. The maximum Gasteiger partial charge on any atom is 0.282 e. The Kier molecular flexibility index (Phi) is 6.96. The summed E-state index contributed by atoms with van der Waals surface area (Å²) >= 11 is 1.91. The van der Waals surface area contributed by atoms with Crippen LogP contribution in [0, 0.1) is 11.3 Å². The van der Waals surface area contributed by atoms with Gasteiger partial charge in [0.2, 0.25) is 0 Å². The summed E-state index contributed by atoms with van der Waals surface area (Å²) in [7, 11) is -1.96. The van der Waals surface area contributed by atoms with Crippen LogP contribution in [0.4, 0.5) is 0 Å². The molecule has 1 aliphatic carbocycles. The van der Waals surface area contributed by atoms with Gasteiger partial charge < -0.3 is 4.74 Å². The van der Waals surface area contributed by atoms with Crippen molar-refractivity contribution in [3.8, 4) is 6.07 Å². The monoisotopic (exact) mass is 347 g/mol. The second-order valence-electron chi connectivity index (χ2n) is 5.68. The second kappa shape index (κ2) is 8.50. The van der Waals surface area contributed by atoms with Crippen molar-refractivity contribution in [3.05, 3.63) is 0 Å². The Morgan fingerprint density at radius 3 is 2.86 bits per heavy atom. The predicted molar refractivity (Wildman–Crippen MR) is 87.8 cm³/mol. The van der Waals surface area contributed by atoms with Gasteiger partial charge in [0.15, 0.2) is 0 Å². The third kappa shape index (κ3) is 4.15. The lowest BCUT2D eigenvalue weighted by Crippen LogP contribution is -2.56. The van der Waals surface area contributed by atoms with Crippen LogP contribution in [0.5, 0.6) is 0 Å². The SMILES string of the molecule is COCCN(CCC#N)S(=O)(=O)N1CCS[C@H]2CCCC[C@H]21. The average Bonchev–Trinajstić information content (AvgIpc) is 2.54. The summed E-state index contributed by atoms with van der Waals surface area (Å²) in [5, 5.41) is 9.21. The summed E-state index contributed by atoms with van der Waals surface area (Å²) in [6, 6.07) is 2.15. The molecule has 0 radical (unpaired) electrons. The number of fused-ring (bicyclic) bond motifs is 1. The normalized spacial score (nSPS) is 26.6. The van der Waals surface area contributed by atoms with Gasteiger partial charge in [0.1, 0.15) is 0 Å². The van der Waals surface area contributed by atoms with Gasteiger partial charge in [-0.25, -0.2) is 0 Å². The summed E-state index contributed by atoms with van der Waals surface area (Å²) < 4.78 is 34.2. The van der Waals surface area contributed by atoms with Crippen molar-refractivity contribution in [3.63, 3.8) is 0 Å². The Bertz CT molecular complexity index is 490. The van der Waals surface area contributed by atoms with Crippen LogP contribution in [0.2, 0.25) is 0 Å². The first kappa shape index (κ1) is 18.0. The van der Waals surface area contributed by atoms with Gasteiger partial charge in [-0.3, -0.25) is 0 Å². The van der Waals surface area contributed by atoms with Crippen LogP contribution in [0.25, 0.3) is 0 Å². The zero-order valence-corrected chi connectivity index (χ0v) is 14.7. The summed E-state index contributed by atoms with van der Waals surface area (Å²) in [4.78, 5) is 0. The molecule has 0 bridgehead atoms. The fraction of sp³-hybridized carbons (Fsp3) is 0.929. The van der Waals surface area contributed by atoms with E-state index in [0.717, 1.165) is 25.0 Å². The van der Waals surface area contributed by atoms with Gasteiger partial charge in [-0.15, -0.1) is 0 Å². The van der Waals surface area contributed by atoms with E-state index in [2.05, 4.69) is 0 Å². The molecule has 1 saturated carbocycles. The van der Waals surface area contributed by atoms with Gasteiger partial charge in [0.05, 0.1) is 12.7 Å². The van der Waals surface area contributed by atoms with E-state index in [9.17, 15) is 8.42 Å². The lowest BCUT2D eigenvalue weighted by molar-refractivity contribution is 0.172. The highest BCUT2D eigenvalue weighted by Gasteiger charge is 2.42. The predicted octanol–water partition coefficient (Wildman–Crippen LogP) is 1.45. The van der Waals surface area contributed by atoms with Gasteiger partial charge >= 0.3 is 0 Å². The van der Waals surface area contributed by atoms with Gasteiger partial charge in [0, 0.05) is 50.2 Å². The van der Waals surface area contributed by atoms with Crippen molar-refractivity contribution >= 4 is 22.0 Å². The average molecular weight is 348 g/mol. The maximum atomic E-state index is 13.0. The minimum Gasteiger partial charge on any atom is -0.383 e. The first-order valence-corrected chi connectivity index (χ1v) is 10.3. The Labute approximate surface area is 138 Å². The molecule has 126 valence electrons. The molecule has 1 aliphatic heterocycles. The van der Waals surface area contributed by atoms with Crippen molar-refractivity contribution < 1.29 is 13.2 Å². The van der Waals surface area contributed by atoms with Crippen LogP contribution in [-0.4, -0.2) is 67.4 Å².